The molecule has 2 rings (SSSR count). The van der Waals surface area contributed by atoms with Gasteiger partial charge in [-0.2, -0.15) is 4.37 Å². The average Bonchev–Trinajstić information content (AvgIpc) is 3.40. The molecule has 0 N–H and O–H groups in total. The van der Waals surface area contributed by atoms with Gasteiger partial charge in [0.05, 0.1) is 38.5 Å². The minimum absolute atomic E-state index is 0.312. The summed E-state index contributed by atoms with van der Waals surface area (Å²) < 4.78 is 26.6. The maximum atomic E-state index is 12.4. The van der Waals surface area contributed by atoms with Gasteiger partial charge in [-0.15, -0.1) is 4.37 Å². The van der Waals surface area contributed by atoms with E-state index in [0.29, 0.717) is 30.1 Å². The third kappa shape index (κ3) is 13.5. The van der Waals surface area contributed by atoms with Crippen molar-refractivity contribution in [2.45, 2.75) is 136 Å². The number of quaternary nitrogens is 1. The zero-order chi connectivity index (χ0) is 28.2. The highest BCUT2D eigenvalue weighted by Crippen LogP contribution is 2.31. The van der Waals surface area contributed by atoms with Crippen molar-refractivity contribution in [3.05, 3.63) is 11.8 Å². The van der Waals surface area contributed by atoms with Gasteiger partial charge in [0.25, 0.3) is 5.88 Å². The molecule has 2 heterocycles. The molecule has 1 aromatic heterocycles. The molecule has 7 nitrogen and oxygen atoms in total. The van der Waals surface area contributed by atoms with E-state index >= 15 is 0 Å². The second kappa shape index (κ2) is 20.2. The molecule has 1 aliphatic rings. The molecule has 224 valence electrons. The highest BCUT2D eigenvalue weighted by molar-refractivity contribution is 6.99. The quantitative estimate of drug-likeness (QED) is 0.0792. The maximum Gasteiger partial charge on any atom is 0.512 e. The Labute approximate surface area is 242 Å². The average molecular weight is 567 g/mol. The summed E-state index contributed by atoms with van der Waals surface area (Å²) in [6, 6.07) is 0. The van der Waals surface area contributed by atoms with E-state index in [9.17, 15) is 4.79 Å². The molecule has 8 heteroatoms. The summed E-state index contributed by atoms with van der Waals surface area (Å²) in [4.78, 5) is 12.4. The van der Waals surface area contributed by atoms with Crippen LogP contribution in [0.3, 0.4) is 0 Å². The van der Waals surface area contributed by atoms with Gasteiger partial charge in [0, 0.05) is 18.9 Å². The van der Waals surface area contributed by atoms with Crippen LogP contribution in [0.15, 0.2) is 6.08 Å². The summed E-state index contributed by atoms with van der Waals surface area (Å²) >= 11 is 1.19. The van der Waals surface area contributed by atoms with Crippen molar-refractivity contribution in [3.8, 4) is 5.88 Å². The Morgan fingerprint density at radius 2 is 1.44 bits per heavy atom. The predicted octanol–water partition coefficient (Wildman–Crippen LogP) is 8.93. The van der Waals surface area contributed by atoms with Crippen LogP contribution in [0.1, 0.15) is 136 Å². The molecule has 2 atom stereocenters. The van der Waals surface area contributed by atoms with Crippen LogP contribution in [-0.4, -0.2) is 59.0 Å². The second-order valence-electron chi connectivity index (χ2n) is 11.4. The Morgan fingerprint density at radius 1 is 0.872 bits per heavy atom. The largest absolute Gasteiger partial charge is 0.512 e. The predicted molar refractivity (Wildman–Crippen MR) is 161 cm³/mol. The maximum absolute atomic E-state index is 12.4. The minimum Gasteiger partial charge on any atom is -0.475 e. The first-order valence-electron chi connectivity index (χ1n) is 15.8. The lowest BCUT2D eigenvalue weighted by molar-refractivity contribution is -0.944. The van der Waals surface area contributed by atoms with Crippen molar-refractivity contribution in [2.75, 3.05) is 33.4 Å². The van der Waals surface area contributed by atoms with Crippen LogP contribution in [0.25, 0.3) is 5.57 Å². The Kier molecular flexibility index (Phi) is 17.4. The van der Waals surface area contributed by atoms with Crippen molar-refractivity contribution in [2.24, 2.45) is 0 Å². The van der Waals surface area contributed by atoms with Gasteiger partial charge in [-0.1, -0.05) is 110 Å². The van der Waals surface area contributed by atoms with E-state index in [1.807, 2.05) is 6.92 Å². The Hall–Kier alpha value is -1.67. The number of aromatic nitrogens is 2. The van der Waals surface area contributed by atoms with Crippen LogP contribution in [0.2, 0.25) is 0 Å². The SMILES string of the molecule is CCCCCCCCCCCCCCOC(=O)O[C@H](C)[N+]1(C)CCC=C(c2nsnc2OCCCCCC)C1. The van der Waals surface area contributed by atoms with Gasteiger partial charge >= 0.3 is 6.16 Å². The zero-order valence-corrected chi connectivity index (χ0v) is 26.2. The fourth-order valence-corrected chi connectivity index (χ4v) is 5.65. The number of carbonyl (C=O) groups is 1. The molecule has 1 aliphatic heterocycles. The molecule has 0 saturated heterocycles. The summed E-state index contributed by atoms with van der Waals surface area (Å²) in [6.45, 7) is 9.13. The number of ether oxygens (including phenoxy) is 3. The third-order valence-electron chi connectivity index (χ3n) is 7.92. The fourth-order valence-electron chi connectivity index (χ4n) is 5.12. The summed E-state index contributed by atoms with van der Waals surface area (Å²) in [5, 5.41) is 0. The summed E-state index contributed by atoms with van der Waals surface area (Å²) in [6.07, 6.45) is 22.3. The molecule has 0 fully saturated rings. The van der Waals surface area contributed by atoms with Gasteiger partial charge in [0.2, 0.25) is 6.23 Å². The molecule has 0 spiro atoms. The van der Waals surface area contributed by atoms with Crippen molar-refractivity contribution in [1.29, 1.82) is 0 Å². The number of nitrogens with zero attached hydrogens (tertiary/aromatic N) is 3. The topological polar surface area (TPSA) is 70.5 Å². The van der Waals surface area contributed by atoms with E-state index < -0.39 is 6.16 Å². The first kappa shape index (κ1) is 33.5. The molecule has 0 amide bonds. The van der Waals surface area contributed by atoms with Gasteiger partial charge in [-0.25, -0.2) is 4.79 Å². The molecule has 0 saturated carbocycles. The smallest absolute Gasteiger partial charge is 0.475 e. The minimum atomic E-state index is -0.563. The molecule has 0 bridgehead atoms. The zero-order valence-electron chi connectivity index (χ0n) is 25.4. The van der Waals surface area contributed by atoms with E-state index in [4.69, 9.17) is 14.2 Å². The van der Waals surface area contributed by atoms with E-state index in [2.05, 4.69) is 35.7 Å². The van der Waals surface area contributed by atoms with Crippen LogP contribution >= 0.6 is 11.7 Å². The molecule has 0 aliphatic carbocycles. The van der Waals surface area contributed by atoms with Crippen molar-refractivity contribution in [1.82, 2.24) is 8.75 Å². The van der Waals surface area contributed by atoms with Gasteiger partial charge in [0.15, 0.2) is 0 Å². The first-order chi connectivity index (χ1) is 19.0. The second-order valence-corrected chi connectivity index (χ2v) is 11.9. The number of likely N-dealkylation sites (N-methyl/N-ethyl adjacent to an activating group) is 1. The van der Waals surface area contributed by atoms with Crippen LogP contribution in [-0.2, 0) is 9.47 Å². The van der Waals surface area contributed by atoms with Gasteiger partial charge in [-0.3, -0.25) is 4.48 Å². The normalized spacial score (nSPS) is 18.0. The number of hydrogen-bond donors (Lipinski definition) is 0. The monoisotopic (exact) mass is 566 g/mol. The Balaban J connectivity index is 1.61. The highest BCUT2D eigenvalue weighted by atomic mass is 32.1. The number of rotatable bonds is 22. The van der Waals surface area contributed by atoms with Crippen molar-refractivity contribution >= 4 is 23.5 Å². The lowest BCUT2D eigenvalue weighted by Crippen LogP contribution is -2.55. The van der Waals surface area contributed by atoms with Crippen LogP contribution in [0.4, 0.5) is 4.79 Å². The van der Waals surface area contributed by atoms with E-state index in [0.717, 1.165) is 43.5 Å². The number of unbranched alkanes of at least 4 members (excludes halogenated alkanes) is 14. The molecule has 1 aromatic rings. The molecule has 1 unspecified atom stereocenters. The van der Waals surface area contributed by atoms with Crippen LogP contribution in [0.5, 0.6) is 5.88 Å². The number of carbonyl (C=O) groups excluding carboxylic acids is 1. The molecular formula is C31H56N3O4S+. The molecule has 0 radical (unpaired) electrons. The lowest BCUT2D eigenvalue weighted by Gasteiger charge is -2.41. The van der Waals surface area contributed by atoms with E-state index in [1.54, 1.807) is 0 Å². The van der Waals surface area contributed by atoms with Crippen LogP contribution < -0.4 is 4.74 Å². The van der Waals surface area contributed by atoms with Crippen molar-refractivity contribution < 1.29 is 23.5 Å². The van der Waals surface area contributed by atoms with Crippen LogP contribution in [0, 0.1) is 0 Å². The Bertz CT molecular complexity index is 816. The standard InChI is InChI=1S/C31H56N3O4S/c1-5-7-9-11-12-13-14-15-16-17-18-20-25-37-31(35)38-27(3)34(4)23-21-22-28(26-34)29-30(33-39-32-29)36-24-19-10-8-6-2/h22,27H,5-21,23-26H2,1-4H3/q+1/t27-,34?/m1/s1. The molecular weight excluding hydrogens is 510 g/mol. The first-order valence-corrected chi connectivity index (χ1v) is 16.6. The summed E-state index contributed by atoms with van der Waals surface area (Å²) in [5.41, 5.74) is 1.95. The summed E-state index contributed by atoms with van der Waals surface area (Å²) in [7, 11) is 2.13. The Morgan fingerprint density at radius 3 is 2.08 bits per heavy atom. The third-order valence-corrected chi connectivity index (χ3v) is 8.44. The van der Waals surface area contributed by atoms with Gasteiger partial charge in [-0.05, 0) is 12.8 Å². The van der Waals surface area contributed by atoms with Gasteiger partial charge < -0.3 is 14.2 Å². The van der Waals surface area contributed by atoms with Gasteiger partial charge in [0.1, 0.15) is 12.2 Å². The highest BCUT2D eigenvalue weighted by Gasteiger charge is 2.37. The number of hydrogen-bond acceptors (Lipinski definition) is 7. The fraction of sp³-hybridized carbons (Fsp3) is 0.839. The lowest BCUT2D eigenvalue weighted by atomic mass is 10.0. The molecule has 39 heavy (non-hydrogen) atoms. The summed E-state index contributed by atoms with van der Waals surface area (Å²) in [5.74, 6) is 0.631. The van der Waals surface area contributed by atoms with E-state index in [-0.39, 0.29) is 6.23 Å². The van der Waals surface area contributed by atoms with E-state index in [1.165, 1.54) is 95.2 Å². The molecule has 0 aromatic carbocycles. The van der Waals surface area contributed by atoms with Crippen molar-refractivity contribution in [3.63, 3.8) is 0 Å².